The van der Waals surface area contributed by atoms with Crippen LogP contribution in [0.1, 0.15) is 37.5 Å². The van der Waals surface area contributed by atoms with Crippen LogP contribution in [0.15, 0.2) is 91.0 Å². The number of imide groups is 1. The highest BCUT2D eigenvalue weighted by Crippen LogP contribution is 2.45. The predicted molar refractivity (Wildman–Crippen MR) is 131 cm³/mol. The summed E-state index contributed by atoms with van der Waals surface area (Å²) in [6.07, 6.45) is 3.30. The van der Waals surface area contributed by atoms with Crippen LogP contribution in [0.5, 0.6) is 0 Å². The van der Waals surface area contributed by atoms with Crippen LogP contribution in [0.2, 0.25) is 0 Å². The first-order valence-corrected chi connectivity index (χ1v) is 11.0. The summed E-state index contributed by atoms with van der Waals surface area (Å²) < 4.78 is 5.59. The minimum absolute atomic E-state index is 0.378. The number of benzene rings is 3. The Hall–Kier alpha value is -3.70. The lowest BCUT2D eigenvalue weighted by atomic mass is 9.83. The van der Waals surface area contributed by atoms with Gasteiger partial charge in [0, 0.05) is 12.1 Å². The van der Waals surface area contributed by atoms with E-state index in [-0.39, 0.29) is 5.91 Å². The van der Waals surface area contributed by atoms with E-state index in [9.17, 15) is 9.59 Å². The van der Waals surface area contributed by atoms with E-state index in [0.29, 0.717) is 12.2 Å². The third-order valence-corrected chi connectivity index (χ3v) is 5.45. The fraction of sp³-hybridized carbons (Fsp3) is 0.214. The van der Waals surface area contributed by atoms with Crippen LogP contribution < -0.4 is 10.2 Å². The summed E-state index contributed by atoms with van der Waals surface area (Å²) in [6.45, 7) is 5.78. The molecule has 0 fully saturated rings. The molecule has 0 spiro atoms. The maximum atomic E-state index is 14.0. The number of hydrogen-bond donors (Lipinski definition) is 1. The highest BCUT2D eigenvalue weighted by atomic mass is 16.6. The third kappa shape index (κ3) is 4.45. The molecule has 0 radical (unpaired) electrons. The SMILES string of the molecule is CC(C)(C)OC(=O)N1C(=O)[C@@](NC/C=C/c2ccccc2)(c2ccccc2)c2ccccc21. The van der Waals surface area contributed by atoms with Crippen LogP contribution >= 0.6 is 0 Å². The Morgan fingerprint density at radius 3 is 2.21 bits per heavy atom. The number of ether oxygens (including phenoxy) is 1. The van der Waals surface area contributed by atoms with Gasteiger partial charge >= 0.3 is 6.09 Å². The van der Waals surface area contributed by atoms with Crippen molar-refractivity contribution in [2.45, 2.75) is 31.9 Å². The van der Waals surface area contributed by atoms with Crippen molar-refractivity contribution in [1.82, 2.24) is 5.32 Å². The second kappa shape index (κ2) is 9.04. The minimum Gasteiger partial charge on any atom is -0.443 e. The van der Waals surface area contributed by atoms with Crippen molar-refractivity contribution in [3.63, 3.8) is 0 Å². The number of anilines is 1. The lowest BCUT2D eigenvalue weighted by Gasteiger charge is -2.30. The number of carbonyl (C=O) groups is 2. The molecule has 1 N–H and O–H groups in total. The van der Waals surface area contributed by atoms with E-state index in [2.05, 4.69) is 5.32 Å². The van der Waals surface area contributed by atoms with E-state index in [1.165, 1.54) is 0 Å². The summed E-state index contributed by atoms with van der Waals surface area (Å²) in [7, 11) is 0. The molecule has 3 aromatic carbocycles. The molecule has 168 valence electrons. The van der Waals surface area contributed by atoms with Gasteiger partial charge in [-0.05, 0) is 38.0 Å². The molecule has 3 aromatic rings. The molecule has 1 aliphatic heterocycles. The molecule has 5 nitrogen and oxygen atoms in total. The number of para-hydroxylation sites is 1. The molecule has 0 unspecified atom stereocenters. The molecule has 33 heavy (non-hydrogen) atoms. The molecule has 0 aliphatic carbocycles. The normalized spacial score (nSPS) is 17.9. The molecule has 2 amide bonds. The van der Waals surface area contributed by atoms with Crippen molar-refractivity contribution in [1.29, 1.82) is 0 Å². The number of hydrogen-bond acceptors (Lipinski definition) is 4. The average molecular weight is 441 g/mol. The number of rotatable bonds is 5. The summed E-state index contributed by atoms with van der Waals surface area (Å²) in [5.41, 5.74) is 1.15. The molecule has 1 heterocycles. The summed E-state index contributed by atoms with van der Waals surface area (Å²) in [4.78, 5) is 28.3. The van der Waals surface area contributed by atoms with Gasteiger partial charge in [0.1, 0.15) is 5.60 Å². The van der Waals surface area contributed by atoms with Crippen LogP contribution in [0.25, 0.3) is 6.08 Å². The first-order chi connectivity index (χ1) is 15.8. The van der Waals surface area contributed by atoms with Crippen LogP contribution in [0.3, 0.4) is 0 Å². The van der Waals surface area contributed by atoms with Gasteiger partial charge < -0.3 is 4.74 Å². The number of nitrogens with one attached hydrogen (secondary N) is 1. The van der Waals surface area contributed by atoms with Crippen molar-refractivity contribution in [2.75, 3.05) is 11.4 Å². The van der Waals surface area contributed by atoms with Crippen LogP contribution in [-0.4, -0.2) is 24.1 Å². The largest absolute Gasteiger partial charge is 0.443 e. The molecule has 1 aliphatic rings. The zero-order valence-corrected chi connectivity index (χ0v) is 19.1. The lowest BCUT2D eigenvalue weighted by molar-refractivity contribution is -0.122. The van der Waals surface area contributed by atoms with Crippen molar-refractivity contribution in [3.8, 4) is 0 Å². The predicted octanol–water partition coefficient (Wildman–Crippen LogP) is 5.51. The molecule has 4 rings (SSSR count). The molecule has 0 aromatic heterocycles. The summed E-state index contributed by atoms with van der Waals surface area (Å²) in [5.74, 6) is -0.378. The first-order valence-electron chi connectivity index (χ1n) is 11.0. The molecule has 0 saturated heterocycles. The molecule has 0 bridgehead atoms. The van der Waals surface area contributed by atoms with E-state index < -0.39 is 17.2 Å². The van der Waals surface area contributed by atoms with E-state index >= 15 is 0 Å². The van der Waals surface area contributed by atoms with Gasteiger partial charge in [-0.15, -0.1) is 0 Å². The zero-order chi connectivity index (χ0) is 23.5. The minimum atomic E-state index is -1.21. The summed E-state index contributed by atoms with van der Waals surface area (Å²) in [6, 6.07) is 26.8. The highest BCUT2D eigenvalue weighted by Gasteiger charge is 2.54. The number of nitrogens with zero attached hydrogens (tertiary/aromatic N) is 1. The van der Waals surface area contributed by atoms with Gasteiger partial charge in [0.05, 0.1) is 5.69 Å². The molecule has 1 atom stereocenters. The average Bonchev–Trinajstić information content (AvgIpc) is 3.05. The van der Waals surface area contributed by atoms with Crippen LogP contribution in [0, 0.1) is 0 Å². The lowest BCUT2D eigenvalue weighted by Crippen LogP contribution is -2.53. The summed E-state index contributed by atoms with van der Waals surface area (Å²) in [5, 5.41) is 3.45. The maximum absolute atomic E-state index is 14.0. The Morgan fingerprint density at radius 2 is 1.55 bits per heavy atom. The van der Waals surface area contributed by atoms with Crippen molar-refractivity contribution >= 4 is 23.8 Å². The van der Waals surface area contributed by atoms with E-state index in [1.54, 1.807) is 26.8 Å². The monoisotopic (exact) mass is 440 g/mol. The molecule has 0 saturated carbocycles. The Kier molecular flexibility index (Phi) is 6.16. The Labute approximate surface area is 194 Å². The van der Waals surface area contributed by atoms with Gasteiger partial charge in [0.25, 0.3) is 5.91 Å². The van der Waals surface area contributed by atoms with Gasteiger partial charge in [-0.1, -0.05) is 91.0 Å². The van der Waals surface area contributed by atoms with Crippen molar-refractivity contribution in [2.24, 2.45) is 0 Å². The van der Waals surface area contributed by atoms with E-state index in [0.717, 1.165) is 21.6 Å². The van der Waals surface area contributed by atoms with Crippen LogP contribution in [-0.2, 0) is 15.1 Å². The first kappa shape index (κ1) is 22.5. The second-order valence-corrected chi connectivity index (χ2v) is 8.95. The molecular weight excluding hydrogens is 412 g/mol. The standard InChI is InChI=1S/C28H28N2O3/c1-27(2,3)33-26(32)30-24-19-11-10-18-23(24)28(25(30)31,22-16-8-5-9-17-22)29-20-12-15-21-13-6-4-7-14-21/h4-19,29H,20H2,1-3H3/b15-12+/t28-/m1/s1. The Balaban J connectivity index is 1.75. The Morgan fingerprint density at radius 1 is 0.939 bits per heavy atom. The van der Waals surface area contributed by atoms with Crippen LogP contribution in [0.4, 0.5) is 10.5 Å². The van der Waals surface area contributed by atoms with E-state index in [1.807, 2.05) is 91.0 Å². The Bertz CT molecular complexity index is 1170. The van der Waals surface area contributed by atoms with Gasteiger partial charge in [0.15, 0.2) is 5.54 Å². The maximum Gasteiger partial charge on any atom is 0.421 e. The molecule has 5 heteroatoms. The van der Waals surface area contributed by atoms with Gasteiger partial charge in [-0.2, -0.15) is 0 Å². The van der Waals surface area contributed by atoms with Crippen molar-refractivity contribution < 1.29 is 14.3 Å². The van der Waals surface area contributed by atoms with Gasteiger partial charge in [0.2, 0.25) is 0 Å². The molecular formula is C28H28N2O3. The fourth-order valence-corrected chi connectivity index (χ4v) is 4.08. The summed E-state index contributed by atoms with van der Waals surface area (Å²) >= 11 is 0. The number of fused-ring (bicyclic) bond motifs is 1. The second-order valence-electron chi connectivity index (χ2n) is 8.95. The highest BCUT2D eigenvalue weighted by molar-refractivity contribution is 6.22. The third-order valence-electron chi connectivity index (χ3n) is 5.45. The zero-order valence-electron chi connectivity index (χ0n) is 19.1. The number of carbonyl (C=O) groups excluding carboxylic acids is 2. The smallest absolute Gasteiger partial charge is 0.421 e. The quantitative estimate of drug-likeness (QED) is 0.568. The number of amides is 2. The van der Waals surface area contributed by atoms with Gasteiger partial charge in [-0.25, -0.2) is 9.69 Å². The van der Waals surface area contributed by atoms with Crippen molar-refractivity contribution in [3.05, 3.63) is 108 Å². The topological polar surface area (TPSA) is 58.6 Å². The van der Waals surface area contributed by atoms with E-state index in [4.69, 9.17) is 4.74 Å². The van der Waals surface area contributed by atoms with Gasteiger partial charge in [-0.3, -0.25) is 10.1 Å². The fourth-order valence-electron chi connectivity index (χ4n) is 4.08.